The molecular weight excluding hydrogens is 566 g/mol. The van der Waals surface area contributed by atoms with E-state index in [1.807, 2.05) is 0 Å². The van der Waals surface area contributed by atoms with Gasteiger partial charge in [0.2, 0.25) is 0 Å². The average molecular weight is 632 g/mol. The first-order valence-corrected chi connectivity index (χ1v) is 19.3. The van der Waals surface area contributed by atoms with Crippen molar-refractivity contribution in [3.8, 4) is 0 Å². The predicted molar refractivity (Wildman–Crippen MR) is 186 cm³/mol. The topological polar surface area (TPSA) is 50.9 Å². The molecule has 0 amide bonds. The van der Waals surface area contributed by atoms with E-state index in [9.17, 15) is 4.79 Å². The maximum Gasteiger partial charge on any atom is 0.306 e. The van der Waals surface area contributed by atoms with Crippen LogP contribution in [0.1, 0.15) is 143 Å². The smallest absolute Gasteiger partial charge is 0.306 e. The van der Waals surface area contributed by atoms with Gasteiger partial charge >= 0.3 is 5.97 Å². The maximum absolute atomic E-state index is 13.0. The van der Waals surface area contributed by atoms with Gasteiger partial charge in [0.25, 0.3) is 0 Å². The second-order valence-electron chi connectivity index (χ2n) is 19.6. The Hall–Kier alpha value is -1.39. The Morgan fingerprint density at radius 2 is 1.63 bits per heavy atom. The third-order valence-corrected chi connectivity index (χ3v) is 15.5. The number of hydrogen-bond acceptors (Lipinski definition) is 4. The molecule has 11 atom stereocenters. The van der Waals surface area contributed by atoms with Crippen LogP contribution in [0, 0.1) is 62.6 Å². The van der Waals surface area contributed by atoms with Crippen LogP contribution in [-0.2, 0) is 20.8 Å². The molecule has 5 aliphatic carbocycles. The quantitative estimate of drug-likeness (QED) is 0.240. The number of nitrogens with one attached hydrogen (secondary N) is 1. The van der Waals surface area contributed by atoms with Crippen LogP contribution in [0.4, 0.5) is 0 Å². The van der Waals surface area contributed by atoms with Crippen LogP contribution in [0.3, 0.4) is 0 Å². The van der Waals surface area contributed by atoms with Crippen molar-refractivity contribution in [2.24, 2.45) is 62.6 Å². The Morgan fingerprint density at radius 3 is 2.37 bits per heavy atom. The third kappa shape index (κ3) is 5.52. The molecule has 1 N–H and O–H groups in total. The lowest BCUT2D eigenvalue weighted by Gasteiger charge is -2.69. The van der Waals surface area contributed by atoms with E-state index in [1.165, 1.54) is 75.5 Å². The highest BCUT2D eigenvalue weighted by atomic mass is 16.6. The summed E-state index contributed by atoms with van der Waals surface area (Å²) in [4.78, 5) is 13.0. The van der Waals surface area contributed by atoms with Crippen molar-refractivity contribution in [1.29, 1.82) is 0 Å². The van der Waals surface area contributed by atoms with Gasteiger partial charge in [0.15, 0.2) is 0 Å². The normalized spacial score (nSPS) is 44.3. The molecule has 4 nitrogen and oxygen atoms in total. The zero-order valence-electron chi connectivity index (χ0n) is 30.6. The molecule has 5 saturated carbocycles. The molecule has 0 radical (unpaired) electrons. The monoisotopic (exact) mass is 631 g/mol. The molecule has 6 aliphatic rings. The highest BCUT2D eigenvalue weighted by Gasteiger charge is 2.67. The Balaban J connectivity index is 1.06. The lowest BCUT2D eigenvalue weighted by atomic mass is 9.36. The number of epoxide rings is 1. The molecule has 1 heterocycles. The molecule has 1 aromatic carbocycles. The van der Waals surface area contributed by atoms with Gasteiger partial charge in [-0.2, -0.15) is 0 Å². The largest absolute Gasteiger partial charge is 0.462 e. The number of rotatable bonds is 7. The summed E-state index contributed by atoms with van der Waals surface area (Å²) < 4.78 is 12.0. The Kier molecular flexibility index (Phi) is 8.35. The first kappa shape index (κ1) is 33.1. The molecule has 46 heavy (non-hydrogen) atoms. The van der Waals surface area contributed by atoms with Crippen molar-refractivity contribution in [2.75, 3.05) is 13.2 Å². The van der Waals surface area contributed by atoms with Crippen LogP contribution in [0.2, 0.25) is 0 Å². The zero-order valence-corrected chi connectivity index (χ0v) is 30.6. The predicted octanol–water partition coefficient (Wildman–Crippen LogP) is 9.91. The van der Waals surface area contributed by atoms with E-state index in [-0.39, 0.29) is 22.9 Å². The van der Waals surface area contributed by atoms with Gasteiger partial charge in [-0.25, -0.2) is 0 Å². The van der Waals surface area contributed by atoms with Crippen LogP contribution in [-0.4, -0.2) is 25.2 Å². The SMILES string of the molecule is CC1CCC2(CNCc3ccccc3C3CO3)CCC3C(CCC4C3(C)CCC3C(C)(C)C(OC(=O)CC(C)(C)C)CCC34C)C12. The minimum absolute atomic E-state index is 0.00216. The first-order chi connectivity index (χ1) is 21.7. The fraction of sp³-hybridized carbons (Fsp3) is 0.833. The van der Waals surface area contributed by atoms with E-state index < -0.39 is 0 Å². The summed E-state index contributed by atoms with van der Waals surface area (Å²) in [7, 11) is 0. The molecule has 4 heteroatoms. The maximum atomic E-state index is 13.0. The van der Waals surface area contributed by atoms with E-state index in [0.717, 1.165) is 49.2 Å². The van der Waals surface area contributed by atoms with Gasteiger partial charge < -0.3 is 14.8 Å². The second-order valence-corrected chi connectivity index (χ2v) is 19.6. The summed E-state index contributed by atoms with van der Waals surface area (Å²) in [6.45, 7) is 22.3. The summed E-state index contributed by atoms with van der Waals surface area (Å²) in [5.41, 5.74) is 4.05. The van der Waals surface area contributed by atoms with E-state index in [0.29, 0.717) is 34.7 Å². The molecule has 1 saturated heterocycles. The average Bonchev–Trinajstić information content (AvgIpc) is 3.77. The van der Waals surface area contributed by atoms with Gasteiger partial charge in [0.1, 0.15) is 12.2 Å². The Labute approximate surface area is 280 Å². The number of fused-ring (bicyclic) bond motifs is 7. The first-order valence-electron chi connectivity index (χ1n) is 19.3. The number of hydrogen-bond donors (Lipinski definition) is 1. The number of benzene rings is 1. The van der Waals surface area contributed by atoms with Crippen LogP contribution in [0.15, 0.2) is 24.3 Å². The van der Waals surface area contributed by atoms with Crippen molar-refractivity contribution >= 4 is 5.97 Å². The summed E-state index contributed by atoms with van der Waals surface area (Å²) in [5.74, 6) is 4.85. The van der Waals surface area contributed by atoms with Gasteiger partial charge in [-0.05, 0) is 133 Å². The van der Waals surface area contributed by atoms with Gasteiger partial charge in [0, 0.05) is 18.5 Å². The summed E-state index contributed by atoms with van der Waals surface area (Å²) in [6.07, 6.45) is 14.2. The lowest BCUT2D eigenvalue weighted by Crippen LogP contribution is -2.64. The fourth-order valence-electron chi connectivity index (χ4n) is 13.6. The number of ether oxygens (including phenoxy) is 2. The molecule has 7 rings (SSSR count). The fourth-order valence-corrected chi connectivity index (χ4v) is 13.6. The van der Waals surface area contributed by atoms with Crippen molar-refractivity contribution in [1.82, 2.24) is 5.32 Å². The molecule has 0 spiro atoms. The zero-order chi connectivity index (χ0) is 32.7. The molecule has 0 bridgehead atoms. The summed E-state index contributed by atoms with van der Waals surface area (Å²) >= 11 is 0. The van der Waals surface area contributed by atoms with E-state index >= 15 is 0 Å². The van der Waals surface area contributed by atoms with Crippen molar-refractivity contribution in [2.45, 2.75) is 145 Å². The van der Waals surface area contributed by atoms with Crippen molar-refractivity contribution in [3.63, 3.8) is 0 Å². The van der Waals surface area contributed by atoms with Crippen molar-refractivity contribution in [3.05, 3.63) is 35.4 Å². The minimum atomic E-state index is -0.0307. The van der Waals surface area contributed by atoms with Crippen LogP contribution < -0.4 is 5.32 Å². The van der Waals surface area contributed by atoms with E-state index in [1.54, 1.807) is 0 Å². The van der Waals surface area contributed by atoms with Gasteiger partial charge in [-0.15, -0.1) is 0 Å². The van der Waals surface area contributed by atoms with Gasteiger partial charge in [0.05, 0.1) is 13.0 Å². The molecule has 11 unspecified atom stereocenters. The highest BCUT2D eigenvalue weighted by Crippen LogP contribution is 2.73. The number of carbonyl (C=O) groups is 1. The van der Waals surface area contributed by atoms with Gasteiger partial charge in [-0.3, -0.25) is 4.79 Å². The highest BCUT2D eigenvalue weighted by molar-refractivity contribution is 5.70. The van der Waals surface area contributed by atoms with Crippen LogP contribution in [0.25, 0.3) is 0 Å². The number of esters is 1. The molecular formula is C42H65NO3. The second kappa shape index (κ2) is 11.6. The Morgan fingerprint density at radius 1 is 0.913 bits per heavy atom. The molecule has 256 valence electrons. The summed E-state index contributed by atoms with van der Waals surface area (Å²) in [6, 6.07) is 8.92. The van der Waals surface area contributed by atoms with E-state index in [4.69, 9.17) is 9.47 Å². The van der Waals surface area contributed by atoms with Crippen LogP contribution >= 0.6 is 0 Å². The molecule has 1 aromatic rings. The Bertz CT molecular complexity index is 1290. The van der Waals surface area contributed by atoms with E-state index in [2.05, 4.69) is 85.0 Å². The molecule has 1 aliphatic heterocycles. The molecule has 0 aromatic heterocycles. The van der Waals surface area contributed by atoms with Crippen molar-refractivity contribution < 1.29 is 14.3 Å². The summed E-state index contributed by atoms with van der Waals surface area (Å²) in [5, 5.41) is 4.03. The molecule has 6 fully saturated rings. The standard InChI is InChI=1S/C42H65NO3/c1-27-15-21-42(26-43-24-28-11-9-10-12-29(28)32-25-45-32)22-16-31-30(37(27)42)13-14-34-40(31,7)19-17-33-39(5,6)35(18-20-41(33,34)8)46-36(44)23-38(2,3)4/h9-12,27,30-35,37,43H,13-26H2,1-8H3. The van der Waals surface area contributed by atoms with Gasteiger partial charge in [-0.1, -0.05) is 79.7 Å². The van der Waals surface area contributed by atoms with Crippen LogP contribution in [0.5, 0.6) is 0 Å². The minimum Gasteiger partial charge on any atom is -0.462 e. The lowest BCUT2D eigenvalue weighted by molar-refractivity contribution is -0.223. The number of carbonyl (C=O) groups excluding carboxylic acids is 1. The third-order valence-electron chi connectivity index (χ3n) is 15.5.